The van der Waals surface area contributed by atoms with Gasteiger partial charge in [-0.15, -0.1) is 17.9 Å². The largest absolute Gasteiger partial charge is 0.508 e. The van der Waals surface area contributed by atoms with Gasteiger partial charge in [-0.3, -0.25) is 28.9 Å². The first kappa shape index (κ1) is 45.1. The minimum absolute atomic E-state index is 0.0868. The quantitative estimate of drug-likeness (QED) is 0.0902. The van der Waals surface area contributed by atoms with Gasteiger partial charge in [0.05, 0.1) is 12.0 Å². The zero-order valence-electron chi connectivity index (χ0n) is 33.5. The van der Waals surface area contributed by atoms with E-state index in [2.05, 4.69) is 22.2 Å². The number of ether oxygens (including phenoxy) is 1. The van der Waals surface area contributed by atoms with E-state index in [1.807, 2.05) is 39.6 Å². The lowest BCUT2D eigenvalue weighted by Crippen LogP contribution is -2.58. The number of carboxylic acids is 1. The van der Waals surface area contributed by atoms with Crippen LogP contribution in [0.5, 0.6) is 5.75 Å². The maximum absolute atomic E-state index is 14.6. The van der Waals surface area contributed by atoms with Crippen LogP contribution >= 0.6 is 11.3 Å². The highest BCUT2D eigenvalue weighted by molar-refractivity contribution is 7.09. The Morgan fingerprint density at radius 1 is 1.09 bits per heavy atom. The van der Waals surface area contributed by atoms with E-state index in [1.165, 1.54) is 19.1 Å². The van der Waals surface area contributed by atoms with Gasteiger partial charge >= 0.3 is 11.9 Å². The summed E-state index contributed by atoms with van der Waals surface area (Å²) in [5, 5.41) is 27.3. The molecule has 3 rings (SSSR count). The molecule has 1 aliphatic heterocycles. The summed E-state index contributed by atoms with van der Waals surface area (Å²) in [5.41, 5.74) is 0.894. The van der Waals surface area contributed by atoms with Crippen LogP contribution in [0, 0.1) is 17.8 Å². The molecule has 1 unspecified atom stereocenters. The van der Waals surface area contributed by atoms with E-state index in [0.29, 0.717) is 30.8 Å². The Morgan fingerprint density at radius 2 is 1.78 bits per heavy atom. The van der Waals surface area contributed by atoms with Crippen molar-refractivity contribution in [2.75, 3.05) is 20.1 Å². The molecular weight excluding hydrogens is 723 g/mol. The molecule has 0 saturated carbocycles. The average molecular weight is 784 g/mol. The third-order valence-corrected chi connectivity index (χ3v) is 11.4. The molecule has 1 fully saturated rings. The first-order valence-electron chi connectivity index (χ1n) is 19.4. The number of rotatable bonds is 21. The maximum Gasteiger partial charge on any atom is 0.306 e. The molecule has 14 heteroatoms. The molecule has 304 valence electrons. The number of carbonyl (C=O) groups excluding carboxylic acids is 4. The van der Waals surface area contributed by atoms with E-state index < -0.39 is 48.0 Å². The zero-order valence-corrected chi connectivity index (χ0v) is 34.3. The summed E-state index contributed by atoms with van der Waals surface area (Å²) in [6, 6.07) is 4.44. The zero-order chi connectivity index (χ0) is 40.8. The number of hydrogen-bond acceptors (Lipinski definition) is 10. The van der Waals surface area contributed by atoms with Gasteiger partial charge in [-0.2, -0.15) is 0 Å². The number of likely N-dealkylation sites (N-methyl/N-ethyl adjacent to an activating group) is 1. The molecule has 1 aliphatic rings. The van der Waals surface area contributed by atoms with Crippen LogP contribution in [0.2, 0.25) is 0 Å². The van der Waals surface area contributed by atoms with Crippen LogP contribution in [0.4, 0.5) is 0 Å². The van der Waals surface area contributed by atoms with Crippen LogP contribution in [-0.4, -0.2) is 99.0 Å². The van der Waals surface area contributed by atoms with Crippen molar-refractivity contribution in [1.29, 1.82) is 0 Å². The number of piperidine rings is 1. The number of carboxylic acid groups (broad SMARTS) is 1. The van der Waals surface area contributed by atoms with Crippen LogP contribution in [0.3, 0.4) is 0 Å². The molecule has 0 aliphatic carbocycles. The lowest BCUT2D eigenvalue weighted by atomic mass is 9.91. The Morgan fingerprint density at radius 3 is 2.36 bits per heavy atom. The van der Waals surface area contributed by atoms with E-state index in [9.17, 15) is 34.2 Å². The second-order valence-corrected chi connectivity index (χ2v) is 16.1. The maximum atomic E-state index is 14.6. The van der Waals surface area contributed by atoms with Crippen molar-refractivity contribution in [1.82, 2.24) is 25.4 Å². The topological polar surface area (TPSA) is 178 Å². The summed E-state index contributed by atoms with van der Waals surface area (Å²) in [6.07, 6.45) is 5.44. The molecule has 55 heavy (non-hydrogen) atoms. The van der Waals surface area contributed by atoms with Crippen molar-refractivity contribution in [2.45, 2.75) is 123 Å². The smallest absolute Gasteiger partial charge is 0.306 e. The molecule has 1 saturated heterocycles. The molecule has 2 heterocycles. The summed E-state index contributed by atoms with van der Waals surface area (Å²) < 4.78 is 5.84. The number of aromatic hydroxyl groups is 1. The van der Waals surface area contributed by atoms with Crippen LogP contribution < -0.4 is 10.6 Å². The fourth-order valence-electron chi connectivity index (χ4n) is 7.00. The van der Waals surface area contributed by atoms with E-state index >= 15 is 0 Å². The summed E-state index contributed by atoms with van der Waals surface area (Å²) in [6.45, 7) is 15.9. The number of nitrogens with zero attached hydrogens (tertiary/aromatic N) is 3. The molecular formula is C41H61N5O8S. The van der Waals surface area contributed by atoms with Crippen LogP contribution in [-0.2, 0) is 30.3 Å². The fraction of sp³-hybridized carbons (Fsp3) is 0.610. The number of nitrogens with one attached hydrogen (secondary N) is 2. The lowest BCUT2D eigenvalue weighted by Gasteiger charge is -2.40. The van der Waals surface area contributed by atoms with Crippen molar-refractivity contribution >= 4 is 41.0 Å². The van der Waals surface area contributed by atoms with Crippen LogP contribution in [0.1, 0.15) is 114 Å². The first-order valence-corrected chi connectivity index (χ1v) is 20.3. The van der Waals surface area contributed by atoms with Gasteiger partial charge in [-0.05, 0) is 75.2 Å². The van der Waals surface area contributed by atoms with E-state index in [4.69, 9.17) is 4.74 Å². The third kappa shape index (κ3) is 13.4. The fourth-order valence-corrected chi connectivity index (χ4v) is 7.84. The molecule has 2 aromatic rings. The van der Waals surface area contributed by atoms with Gasteiger partial charge < -0.3 is 30.5 Å². The Bertz CT molecular complexity index is 1600. The van der Waals surface area contributed by atoms with Gasteiger partial charge in [-0.25, -0.2) is 4.98 Å². The van der Waals surface area contributed by atoms with Crippen molar-refractivity contribution in [2.24, 2.45) is 17.8 Å². The van der Waals surface area contributed by atoms with Gasteiger partial charge in [0.15, 0.2) is 6.10 Å². The van der Waals surface area contributed by atoms with Crippen molar-refractivity contribution < 1.29 is 38.9 Å². The van der Waals surface area contributed by atoms with E-state index in [-0.39, 0.29) is 54.0 Å². The average Bonchev–Trinajstić information content (AvgIpc) is 3.64. The highest BCUT2D eigenvalue weighted by Gasteiger charge is 2.38. The first-order chi connectivity index (χ1) is 26.1. The number of benzene rings is 1. The second-order valence-electron chi connectivity index (χ2n) is 15.2. The monoisotopic (exact) mass is 783 g/mol. The predicted molar refractivity (Wildman–Crippen MR) is 213 cm³/mol. The summed E-state index contributed by atoms with van der Waals surface area (Å²) >= 11 is 1.16. The normalized spacial score (nSPS) is 17.9. The number of aliphatic carboxylic acids is 1. The highest BCUT2D eigenvalue weighted by Crippen LogP contribution is 2.32. The predicted octanol–water partition coefficient (Wildman–Crippen LogP) is 5.74. The Labute approximate surface area is 329 Å². The molecule has 1 aromatic carbocycles. The number of carbonyl (C=O) groups is 5. The Kier molecular flexibility index (Phi) is 17.8. The summed E-state index contributed by atoms with van der Waals surface area (Å²) in [4.78, 5) is 74.4. The summed E-state index contributed by atoms with van der Waals surface area (Å²) in [7, 11) is 1.94. The van der Waals surface area contributed by atoms with Gasteiger partial charge in [-0.1, -0.05) is 65.7 Å². The Balaban J connectivity index is 1.90. The van der Waals surface area contributed by atoms with Gasteiger partial charge in [0.1, 0.15) is 22.5 Å². The molecule has 0 radical (unpaired) electrons. The molecule has 1 aromatic heterocycles. The van der Waals surface area contributed by atoms with Gasteiger partial charge in [0.2, 0.25) is 11.8 Å². The molecule has 7 atom stereocenters. The number of phenolic OH excluding ortho intramolecular Hbond substituents is 1. The van der Waals surface area contributed by atoms with Gasteiger partial charge in [0, 0.05) is 37.4 Å². The highest BCUT2D eigenvalue weighted by atomic mass is 32.1. The Hall–Kier alpha value is -4.30. The molecule has 13 nitrogen and oxygen atoms in total. The number of hydrogen-bond donors (Lipinski definition) is 4. The number of phenols is 1. The minimum Gasteiger partial charge on any atom is -0.508 e. The van der Waals surface area contributed by atoms with E-state index in [0.717, 1.165) is 42.7 Å². The molecule has 0 spiro atoms. The van der Waals surface area contributed by atoms with Crippen molar-refractivity contribution in [3.8, 4) is 5.75 Å². The second kappa shape index (κ2) is 21.7. The standard InChI is InChI=1S/C41H61N5O8S/c1-9-11-20-46(40(51)36(26(5)10-2)44-38(50)33-14-12-13-19-45(33)8)34(25(3)4)23-35(54-28(7)47)39-43-32(24-55-39)37(49)42-30(21-27(6)41(52)53)22-29-15-17-31(48)18-16-29/h9,15-18,24-27,30,33-36,48H,1,10-14,19-23H2,2-8H3,(H,42,49)(H,44,50)(H,52,53)/t26?,27-,30+,33+,34+,35+,36-/m0/s1. The molecule has 3 amide bonds. The number of thiazole rings is 1. The lowest BCUT2D eigenvalue weighted by molar-refractivity contribution is -0.149. The number of amides is 3. The number of aromatic nitrogens is 1. The van der Waals surface area contributed by atoms with Crippen molar-refractivity contribution in [3.63, 3.8) is 0 Å². The molecule has 4 N–H and O–H groups in total. The number of likely N-dealkylation sites (tertiary alicyclic amines) is 1. The minimum atomic E-state index is -0.986. The van der Waals surface area contributed by atoms with E-state index in [1.54, 1.807) is 35.4 Å². The third-order valence-electron chi connectivity index (χ3n) is 10.5. The van der Waals surface area contributed by atoms with Crippen molar-refractivity contribution in [3.05, 3.63) is 58.6 Å². The number of esters is 1. The van der Waals surface area contributed by atoms with Crippen LogP contribution in [0.25, 0.3) is 0 Å². The van der Waals surface area contributed by atoms with Gasteiger partial charge in [0.25, 0.3) is 5.91 Å². The summed E-state index contributed by atoms with van der Waals surface area (Å²) in [5.74, 6) is -3.28. The molecule has 0 bridgehead atoms. The SMILES string of the molecule is C=CCCN(C(=O)[C@@H](NC(=O)[C@H]1CCCCN1C)C(C)CC)[C@H](C[C@@H](OC(C)=O)c1nc(C(=O)N[C@@H](Cc2ccc(O)cc2)C[C@H](C)C(=O)O)cs1)C(C)C. The van der Waals surface area contributed by atoms with Crippen LogP contribution in [0.15, 0.2) is 42.3 Å².